The van der Waals surface area contributed by atoms with Gasteiger partial charge < -0.3 is 18.8 Å². The molecule has 2 aromatic rings. The van der Waals surface area contributed by atoms with Crippen molar-refractivity contribution < 1.29 is 28.7 Å². The van der Waals surface area contributed by atoms with Crippen LogP contribution in [0, 0.1) is 29.9 Å². The van der Waals surface area contributed by atoms with Crippen molar-refractivity contribution in [2.75, 3.05) is 13.4 Å². The fraction of sp³-hybridized carbons (Fsp3) is 0.429. The number of carbonyl (C=O) groups is 2. The molecule has 0 saturated heterocycles. The summed E-state index contributed by atoms with van der Waals surface area (Å²) < 4.78 is 17.4. The van der Waals surface area contributed by atoms with Crippen molar-refractivity contribution in [2.45, 2.75) is 40.7 Å². The number of fused-ring (bicyclic) bond motifs is 1. The topological polar surface area (TPSA) is 110 Å². The van der Waals surface area contributed by atoms with Crippen molar-refractivity contribution in [1.82, 2.24) is 4.57 Å². The van der Waals surface area contributed by atoms with E-state index in [1.807, 2.05) is 13.8 Å². The molecule has 9 nitrogen and oxygen atoms in total. The van der Waals surface area contributed by atoms with Gasteiger partial charge in [0.05, 0.1) is 11.0 Å². The van der Waals surface area contributed by atoms with E-state index >= 15 is 0 Å². The highest BCUT2D eigenvalue weighted by Gasteiger charge is 2.29. The van der Waals surface area contributed by atoms with Crippen LogP contribution >= 0.6 is 0 Å². The molecule has 0 amide bonds. The Kier molecular flexibility index (Phi) is 6.09. The summed E-state index contributed by atoms with van der Waals surface area (Å²) in [6.07, 6.45) is 0.979. The SMILES string of the molecule is Cc1cc(C(=O)COC(=O)c2cc3c(cc2[N+](=O)[O-])OCO3)c(C)n1CCC(C)C. The van der Waals surface area contributed by atoms with Gasteiger partial charge in [-0.15, -0.1) is 0 Å². The van der Waals surface area contributed by atoms with Crippen LogP contribution in [0.5, 0.6) is 11.5 Å². The molecule has 0 unspecified atom stereocenters. The Bertz CT molecular complexity index is 1010. The third-order valence-corrected chi connectivity index (χ3v) is 5.05. The largest absolute Gasteiger partial charge is 0.454 e. The van der Waals surface area contributed by atoms with Crippen LogP contribution in [0.15, 0.2) is 18.2 Å². The standard InChI is InChI=1S/C21H24N2O7/c1-12(2)5-6-22-13(3)7-15(14(22)4)18(24)10-28-21(25)16-8-19-20(30-11-29-19)9-17(16)23(26)27/h7-9,12H,5-6,10-11H2,1-4H3. The first kappa shape index (κ1) is 21.4. The number of carbonyl (C=O) groups excluding carboxylic acids is 2. The number of nitrogens with zero attached hydrogens (tertiary/aromatic N) is 2. The highest BCUT2D eigenvalue weighted by atomic mass is 16.7. The maximum Gasteiger partial charge on any atom is 0.345 e. The van der Waals surface area contributed by atoms with E-state index in [1.54, 1.807) is 6.07 Å². The number of hydrogen-bond donors (Lipinski definition) is 0. The molecule has 1 aromatic carbocycles. The summed E-state index contributed by atoms with van der Waals surface area (Å²) in [6, 6.07) is 4.09. The molecule has 9 heteroatoms. The average Bonchev–Trinajstić information content (AvgIpc) is 3.26. The lowest BCUT2D eigenvalue weighted by molar-refractivity contribution is -0.385. The second-order valence-corrected chi connectivity index (χ2v) is 7.60. The minimum Gasteiger partial charge on any atom is -0.454 e. The zero-order valence-corrected chi connectivity index (χ0v) is 17.4. The number of benzene rings is 1. The predicted molar refractivity (Wildman–Crippen MR) is 107 cm³/mol. The van der Waals surface area contributed by atoms with E-state index in [4.69, 9.17) is 14.2 Å². The van der Waals surface area contributed by atoms with Gasteiger partial charge in [-0.25, -0.2) is 4.79 Å². The van der Waals surface area contributed by atoms with Gasteiger partial charge in [-0.05, 0) is 32.3 Å². The quantitative estimate of drug-likeness (QED) is 0.278. The van der Waals surface area contributed by atoms with Gasteiger partial charge in [0.25, 0.3) is 5.69 Å². The number of hydrogen-bond acceptors (Lipinski definition) is 7. The molecule has 2 heterocycles. The molecule has 1 aromatic heterocycles. The fourth-order valence-electron chi connectivity index (χ4n) is 3.35. The lowest BCUT2D eigenvalue weighted by atomic mass is 10.1. The van der Waals surface area contributed by atoms with Crippen molar-refractivity contribution in [2.24, 2.45) is 5.92 Å². The summed E-state index contributed by atoms with van der Waals surface area (Å²) in [7, 11) is 0. The lowest BCUT2D eigenvalue weighted by Crippen LogP contribution is -2.16. The number of ether oxygens (including phenoxy) is 3. The Labute approximate surface area is 173 Å². The van der Waals surface area contributed by atoms with E-state index in [-0.39, 0.29) is 29.6 Å². The molecule has 0 N–H and O–H groups in total. The number of Topliss-reactive ketones (excluding diaryl/α,β-unsaturated/α-hetero) is 1. The molecule has 0 fully saturated rings. The Morgan fingerprint density at radius 2 is 1.83 bits per heavy atom. The van der Waals surface area contributed by atoms with Crippen LogP contribution in [-0.4, -0.2) is 34.6 Å². The number of rotatable bonds is 8. The minimum absolute atomic E-state index is 0.0874. The van der Waals surface area contributed by atoms with E-state index in [2.05, 4.69) is 18.4 Å². The fourth-order valence-corrected chi connectivity index (χ4v) is 3.35. The number of nitro benzene ring substituents is 1. The van der Waals surface area contributed by atoms with Gasteiger partial charge in [0, 0.05) is 29.6 Å². The smallest absolute Gasteiger partial charge is 0.345 e. The summed E-state index contributed by atoms with van der Waals surface area (Å²) >= 11 is 0. The van der Waals surface area contributed by atoms with Crippen LogP contribution in [0.3, 0.4) is 0 Å². The summed E-state index contributed by atoms with van der Waals surface area (Å²) in [5.74, 6) is -0.405. The van der Waals surface area contributed by atoms with Crippen LogP contribution in [0.1, 0.15) is 52.4 Å². The number of ketones is 1. The molecule has 0 bridgehead atoms. The van der Waals surface area contributed by atoms with Gasteiger partial charge in [-0.1, -0.05) is 13.8 Å². The maximum atomic E-state index is 12.6. The van der Waals surface area contributed by atoms with Crippen LogP contribution in [0.25, 0.3) is 0 Å². The Morgan fingerprint density at radius 3 is 2.47 bits per heavy atom. The monoisotopic (exact) mass is 416 g/mol. The van der Waals surface area contributed by atoms with Gasteiger partial charge in [0.1, 0.15) is 5.56 Å². The molecule has 0 radical (unpaired) electrons. The second-order valence-electron chi connectivity index (χ2n) is 7.60. The average molecular weight is 416 g/mol. The van der Waals surface area contributed by atoms with Crippen molar-refractivity contribution >= 4 is 17.4 Å². The van der Waals surface area contributed by atoms with E-state index < -0.39 is 23.2 Å². The zero-order valence-electron chi connectivity index (χ0n) is 17.4. The van der Waals surface area contributed by atoms with Gasteiger partial charge in [-0.3, -0.25) is 14.9 Å². The zero-order chi connectivity index (χ0) is 22.0. The normalized spacial score (nSPS) is 12.3. The number of nitro groups is 1. The molecule has 0 saturated carbocycles. The first-order valence-electron chi connectivity index (χ1n) is 9.64. The van der Waals surface area contributed by atoms with Crippen molar-refractivity contribution in [3.63, 3.8) is 0 Å². The minimum atomic E-state index is -0.970. The first-order chi connectivity index (χ1) is 14.2. The molecule has 3 rings (SSSR count). The van der Waals surface area contributed by atoms with Gasteiger partial charge in [-0.2, -0.15) is 0 Å². The molecular weight excluding hydrogens is 392 g/mol. The Morgan fingerprint density at radius 1 is 1.17 bits per heavy atom. The highest BCUT2D eigenvalue weighted by Crippen LogP contribution is 2.38. The van der Waals surface area contributed by atoms with Crippen molar-refractivity contribution in [1.29, 1.82) is 0 Å². The third kappa shape index (κ3) is 4.29. The molecule has 1 aliphatic rings. The number of aryl methyl sites for hydroxylation is 1. The van der Waals surface area contributed by atoms with Crippen LogP contribution in [0.2, 0.25) is 0 Å². The molecule has 1 aliphatic heterocycles. The van der Waals surface area contributed by atoms with E-state index in [0.29, 0.717) is 11.5 Å². The summed E-state index contributed by atoms with van der Waals surface area (Å²) in [6.45, 7) is 8.24. The van der Waals surface area contributed by atoms with Crippen LogP contribution < -0.4 is 9.47 Å². The number of esters is 1. The van der Waals surface area contributed by atoms with Crippen LogP contribution in [-0.2, 0) is 11.3 Å². The predicted octanol–water partition coefficient (Wildman–Crippen LogP) is 3.83. The third-order valence-electron chi connectivity index (χ3n) is 5.05. The van der Waals surface area contributed by atoms with Gasteiger partial charge >= 0.3 is 5.97 Å². The van der Waals surface area contributed by atoms with Crippen LogP contribution in [0.4, 0.5) is 5.69 Å². The Hall–Kier alpha value is -3.36. The number of aromatic nitrogens is 1. The van der Waals surface area contributed by atoms with E-state index in [0.717, 1.165) is 30.4 Å². The summed E-state index contributed by atoms with van der Waals surface area (Å²) in [5.41, 5.74) is 1.48. The molecule has 0 aliphatic carbocycles. The molecular formula is C21H24N2O7. The second kappa shape index (κ2) is 8.56. The summed E-state index contributed by atoms with van der Waals surface area (Å²) in [4.78, 5) is 35.7. The Balaban J connectivity index is 1.73. The summed E-state index contributed by atoms with van der Waals surface area (Å²) in [5, 5.41) is 11.3. The molecule has 30 heavy (non-hydrogen) atoms. The maximum absolute atomic E-state index is 12.6. The van der Waals surface area contributed by atoms with Gasteiger partial charge in [0.15, 0.2) is 18.1 Å². The first-order valence-corrected chi connectivity index (χ1v) is 9.64. The lowest BCUT2D eigenvalue weighted by Gasteiger charge is -2.11. The van der Waals surface area contributed by atoms with E-state index in [1.165, 1.54) is 6.07 Å². The van der Waals surface area contributed by atoms with Crippen molar-refractivity contribution in [3.05, 3.63) is 50.8 Å². The molecule has 160 valence electrons. The molecule has 0 spiro atoms. The molecule has 0 atom stereocenters. The highest BCUT2D eigenvalue weighted by molar-refractivity contribution is 6.01. The van der Waals surface area contributed by atoms with Gasteiger partial charge in [0.2, 0.25) is 12.6 Å². The van der Waals surface area contributed by atoms with E-state index in [9.17, 15) is 19.7 Å². The van der Waals surface area contributed by atoms with Crippen molar-refractivity contribution in [3.8, 4) is 11.5 Å².